The first-order chi connectivity index (χ1) is 9.60. The molecule has 1 aromatic heterocycles. The summed E-state index contributed by atoms with van der Waals surface area (Å²) in [7, 11) is 0. The number of hydrogen-bond acceptors (Lipinski definition) is 3. The van der Waals surface area contributed by atoms with Crippen LogP contribution in [0.1, 0.15) is 49.8 Å². The van der Waals surface area contributed by atoms with Crippen molar-refractivity contribution < 1.29 is 4.79 Å². The molecule has 2 heterocycles. The van der Waals surface area contributed by atoms with Crippen molar-refractivity contribution in [1.82, 2.24) is 20.0 Å². The van der Waals surface area contributed by atoms with Crippen LogP contribution in [-0.2, 0) is 6.54 Å². The van der Waals surface area contributed by atoms with Gasteiger partial charge in [0.05, 0.1) is 5.69 Å². The van der Waals surface area contributed by atoms with Gasteiger partial charge in [-0.05, 0) is 32.8 Å². The average molecular weight is 278 g/mol. The molecule has 1 aromatic rings. The van der Waals surface area contributed by atoms with Crippen LogP contribution >= 0.6 is 0 Å². The quantitative estimate of drug-likeness (QED) is 0.914. The topological polar surface area (TPSA) is 50.2 Å². The minimum absolute atomic E-state index is 0.124. The molecule has 5 heteroatoms. The molecule has 2 rings (SSSR count). The Morgan fingerprint density at radius 2 is 2.15 bits per heavy atom. The predicted molar refractivity (Wildman–Crippen MR) is 79.8 cm³/mol. The van der Waals surface area contributed by atoms with Gasteiger partial charge >= 0.3 is 0 Å². The van der Waals surface area contributed by atoms with Gasteiger partial charge in [0.15, 0.2) is 0 Å². The van der Waals surface area contributed by atoms with Crippen molar-refractivity contribution in [3.63, 3.8) is 0 Å². The molecular weight excluding hydrogens is 252 g/mol. The maximum Gasteiger partial charge on any atom is 0.272 e. The number of piperazine rings is 1. The Bertz CT molecular complexity index is 468. The van der Waals surface area contributed by atoms with Crippen molar-refractivity contribution >= 4 is 5.91 Å². The molecule has 0 saturated carbocycles. The summed E-state index contributed by atoms with van der Waals surface area (Å²) in [5.41, 5.74) is 1.63. The lowest BCUT2D eigenvalue weighted by molar-refractivity contribution is 0.0563. The Morgan fingerprint density at radius 1 is 1.40 bits per heavy atom. The van der Waals surface area contributed by atoms with Crippen LogP contribution in [0.5, 0.6) is 0 Å². The number of carbonyl (C=O) groups excluding carboxylic acids is 1. The van der Waals surface area contributed by atoms with Crippen molar-refractivity contribution in [1.29, 1.82) is 0 Å². The normalized spacial score (nSPS) is 23.1. The molecule has 2 unspecified atom stereocenters. The van der Waals surface area contributed by atoms with Crippen LogP contribution in [0.15, 0.2) is 6.07 Å². The van der Waals surface area contributed by atoms with Crippen molar-refractivity contribution in [2.75, 3.05) is 13.1 Å². The molecule has 1 amide bonds. The third-order valence-corrected chi connectivity index (χ3v) is 4.15. The molecule has 112 valence electrons. The fraction of sp³-hybridized carbons (Fsp3) is 0.733. The van der Waals surface area contributed by atoms with Crippen molar-refractivity contribution in [2.45, 2.75) is 59.2 Å². The second kappa shape index (κ2) is 6.39. The molecule has 0 bridgehead atoms. The molecule has 5 nitrogen and oxygen atoms in total. The summed E-state index contributed by atoms with van der Waals surface area (Å²) in [5, 5.41) is 7.91. The second-order valence-corrected chi connectivity index (χ2v) is 5.52. The van der Waals surface area contributed by atoms with Gasteiger partial charge in [-0.15, -0.1) is 0 Å². The molecule has 1 aliphatic rings. The van der Waals surface area contributed by atoms with E-state index >= 15 is 0 Å². The van der Waals surface area contributed by atoms with Crippen LogP contribution in [-0.4, -0.2) is 45.8 Å². The molecule has 20 heavy (non-hydrogen) atoms. The van der Waals surface area contributed by atoms with Crippen molar-refractivity contribution in [3.8, 4) is 0 Å². The summed E-state index contributed by atoms with van der Waals surface area (Å²) < 4.78 is 1.81. The monoisotopic (exact) mass is 278 g/mol. The molecular formula is C15H26N4O. The Morgan fingerprint density at radius 3 is 2.75 bits per heavy atom. The first-order valence-electron chi connectivity index (χ1n) is 7.69. The summed E-state index contributed by atoms with van der Waals surface area (Å²) in [6, 6.07) is 2.59. The Balaban J connectivity index is 2.24. The molecule has 0 radical (unpaired) electrons. The smallest absolute Gasteiger partial charge is 0.272 e. The Labute approximate surface area is 121 Å². The van der Waals surface area contributed by atoms with E-state index in [1.54, 1.807) is 0 Å². The number of aromatic nitrogens is 2. The molecule has 1 aliphatic heterocycles. The fourth-order valence-corrected chi connectivity index (χ4v) is 2.86. The van der Waals surface area contributed by atoms with Crippen LogP contribution in [0.2, 0.25) is 0 Å². The third-order valence-electron chi connectivity index (χ3n) is 4.15. The van der Waals surface area contributed by atoms with Gasteiger partial charge in [-0.3, -0.25) is 9.48 Å². The van der Waals surface area contributed by atoms with Crippen LogP contribution in [0, 0.1) is 6.92 Å². The maximum atomic E-state index is 12.9. The summed E-state index contributed by atoms with van der Waals surface area (Å²) in [4.78, 5) is 14.9. The number of aryl methyl sites for hydroxylation is 2. The van der Waals surface area contributed by atoms with Crippen LogP contribution in [0.3, 0.4) is 0 Å². The van der Waals surface area contributed by atoms with E-state index in [1.807, 2.05) is 29.5 Å². The van der Waals surface area contributed by atoms with E-state index in [9.17, 15) is 4.79 Å². The van der Waals surface area contributed by atoms with Gasteiger partial charge in [-0.1, -0.05) is 13.8 Å². The predicted octanol–water partition coefficient (Wildman–Crippen LogP) is 1.81. The Hall–Kier alpha value is -1.36. The zero-order valence-corrected chi connectivity index (χ0v) is 13.0. The lowest BCUT2D eigenvalue weighted by Crippen LogP contribution is -2.58. The molecule has 2 atom stereocenters. The number of rotatable bonds is 4. The van der Waals surface area contributed by atoms with E-state index in [2.05, 4.69) is 24.3 Å². The lowest BCUT2D eigenvalue weighted by Gasteiger charge is -2.40. The van der Waals surface area contributed by atoms with Crippen LogP contribution in [0.25, 0.3) is 0 Å². The number of carbonyl (C=O) groups is 1. The zero-order chi connectivity index (χ0) is 14.7. The summed E-state index contributed by atoms with van der Waals surface area (Å²) in [6.45, 7) is 10.7. The summed E-state index contributed by atoms with van der Waals surface area (Å²) in [5.74, 6) is 0.124. The highest BCUT2D eigenvalue weighted by Gasteiger charge is 2.31. The largest absolute Gasteiger partial charge is 0.332 e. The second-order valence-electron chi connectivity index (χ2n) is 5.52. The van der Waals surface area contributed by atoms with Gasteiger partial charge in [0, 0.05) is 31.7 Å². The minimum atomic E-state index is 0.124. The number of nitrogens with one attached hydrogen (secondary N) is 1. The van der Waals surface area contributed by atoms with Gasteiger partial charge in [-0.25, -0.2) is 0 Å². The molecule has 1 N–H and O–H groups in total. The molecule has 0 spiro atoms. The van der Waals surface area contributed by atoms with Crippen molar-refractivity contribution in [2.24, 2.45) is 0 Å². The zero-order valence-electron chi connectivity index (χ0n) is 13.0. The SMILES string of the molecule is CCC1CN(C(=O)c2cc(C)nn2CC)C(CC)CN1. The van der Waals surface area contributed by atoms with Gasteiger partial charge in [-0.2, -0.15) is 5.10 Å². The van der Waals surface area contributed by atoms with E-state index in [0.717, 1.165) is 43.9 Å². The molecule has 1 saturated heterocycles. The van der Waals surface area contributed by atoms with Crippen molar-refractivity contribution in [3.05, 3.63) is 17.5 Å². The first-order valence-corrected chi connectivity index (χ1v) is 7.69. The first kappa shape index (κ1) is 15.0. The van der Waals surface area contributed by atoms with E-state index in [1.165, 1.54) is 0 Å². The standard InChI is InChI=1S/C15H26N4O/c1-5-12-10-18(13(6-2)9-16-12)15(20)14-8-11(4)17-19(14)7-3/h8,12-13,16H,5-7,9-10H2,1-4H3. The van der Waals surface area contributed by atoms with E-state index < -0.39 is 0 Å². The summed E-state index contributed by atoms with van der Waals surface area (Å²) in [6.07, 6.45) is 2.03. The van der Waals surface area contributed by atoms with Gasteiger partial charge in [0.2, 0.25) is 0 Å². The molecule has 0 aromatic carbocycles. The Kier molecular flexibility index (Phi) is 4.81. The van der Waals surface area contributed by atoms with Crippen LogP contribution in [0.4, 0.5) is 0 Å². The van der Waals surface area contributed by atoms with E-state index in [4.69, 9.17) is 0 Å². The maximum absolute atomic E-state index is 12.9. The average Bonchev–Trinajstić information content (AvgIpc) is 2.86. The van der Waals surface area contributed by atoms with E-state index in [0.29, 0.717) is 6.04 Å². The number of amides is 1. The van der Waals surface area contributed by atoms with Gasteiger partial charge < -0.3 is 10.2 Å². The summed E-state index contributed by atoms with van der Waals surface area (Å²) >= 11 is 0. The highest BCUT2D eigenvalue weighted by Crippen LogP contribution is 2.17. The van der Waals surface area contributed by atoms with Gasteiger partial charge in [0.1, 0.15) is 5.69 Å². The van der Waals surface area contributed by atoms with Crippen LogP contribution < -0.4 is 5.32 Å². The third kappa shape index (κ3) is 2.87. The molecule has 1 fully saturated rings. The number of hydrogen-bond donors (Lipinski definition) is 1. The number of nitrogens with zero attached hydrogens (tertiary/aromatic N) is 3. The molecule has 0 aliphatic carbocycles. The lowest BCUT2D eigenvalue weighted by atomic mass is 10.0. The highest BCUT2D eigenvalue weighted by atomic mass is 16.2. The fourth-order valence-electron chi connectivity index (χ4n) is 2.86. The van der Waals surface area contributed by atoms with Gasteiger partial charge in [0.25, 0.3) is 5.91 Å². The van der Waals surface area contributed by atoms with E-state index in [-0.39, 0.29) is 11.9 Å². The minimum Gasteiger partial charge on any atom is -0.332 e. The highest BCUT2D eigenvalue weighted by molar-refractivity contribution is 5.93.